The molecule has 0 fully saturated rings. The van der Waals surface area contributed by atoms with Gasteiger partial charge in [-0.1, -0.05) is 34.8 Å². The minimum atomic E-state index is -0.625. The second-order valence-corrected chi connectivity index (χ2v) is 6.05. The fraction of sp³-hybridized carbons (Fsp3) is 0.200. The van der Waals surface area contributed by atoms with Gasteiger partial charge in [-0.15, -0.1) is 0 Å². The normalized spacial score (nSPS) is 21.2. The Morgan fingerprint density at radius 3 is 2.35 bits per heavy atom. The molecular formula is C15H11Cl3O2. The number of hydrogen-bond donors (Lipinski definition) is 1. The molecule has 2 atom stereocenters. The molecule has 20 heavy (non-hydrogen) atoms. The Morgan fingerprint density at radius 2 is 1.65 bits per heavy atom. The van der Waals surface area contributed by atoms with Gasteiger partial charge >= 0.3 is 0 Å². The van der Waals surface area contributed by atoms with Crippen LogP contribution in [0.2, 0.25) is 15.1 Å². The van der Waals surface area contributed by atoms with E-state index in [1.54, 1.807) is 36.4 Å². The van der Waals surface area contributed by atoms with Crippen LogP contribution >= 0.6 is 34.8 Å². The molecule has 2 aromatic carbocycles. The van der Waals surface area contributed by atoms with Crippen molar-refractivity contribution < 1.29 is 9.84 Å². The number of halogens is 3. The molecule has 1 unspecified atom stereocenters. The first-order chi connectivity index (χ1) is 9.52. The summed E-state index contributed by atoms with van der Waals surface area (Å²) >= 11 is 17.9. The van der Waals surface area contributed by atoms with Gasteiger partial charge in [0.2, 0.25) is 0 Å². The van der Waals surface area contributed by atoms with Crippen molar-refractivity contribution in [2.24, 2.45) is 0 Å². The number of fused-ring (bicyclic) bond motifs is 1. The van der Waals surface area contributed by atoms with Crippen LogP contribution in [0.4, 0.5) is 0 Å². The van der Waals surface area contributed by atoms with Crippen LogP contribution in [0, 0.1) is 0 Å². The summed E-state index contributed by atoms with van der Waals surface area (Å²) in [6, 6.07) is 10.5. The third kappa shape index (κ3) is 2.75. The molecule has 1 aliphatic rings. The highest BCUT2D eigenvalue weighted by atomic mass is 35.5. The minimum Gasteiger partial charge on any atom is -0.485 e. The Kier molecular flexibility index (Phi) is 3.83. The van der Waals surface area contributed by atoms with Crippen LogP contribution in [0.15, 0.2) is 36.4 Å². The Balaban J connectivity index is 1.96. The Bertz CT molecular complexity index is 637. The van der Waals surface area contributed by atoms with Crippen molar-refractivity contribution in [1.29, 1.82) is 0 Å². The van der Waals surface area contributed by atoms with Crippen molar-refractivity contribution in [3.05, 3.63) is 62.6 Å². The summed E-state index contributed by atoms with van der Waals surface area (Å²) in [4.78, 5) is 0. The summed E-state index contributed by atoms with van der Waals surface area (Å²) in [5.74, 6) is 0.634. The van der Waals surface area contributed by atoms with E-state index in [1.807, 2.05) is 0 Å². The quantitative estimate of drug-likeness (QED) is 0.779. The molecule has 0 saturated heterocycles. The van der Waals surface area contributed by atoms with E-state index in [1.165, 1.54) is 0 Å². The molecule has 0 saturated carbocycles. The van der Waals surface area contributed by atoms with Crippen LogP contribution in [-0.2, 0) is 0 Å². The van der Waals surface area contributed by atoms with Gasteiger partial charge in [-0.05, 0) is 42.0 Å². The number of rotatable bonds is 1. The maximum Gasteiger partial charge on any atom is 0.127 e. The number of benzene rings is 2. The van der Waals surface area contributed by atoms with E-state index in [2.05, 4.69) is 0 Å². The first kappa shape index (κ1) is 14.0. The maximum atomic E-state index is 10.3. The highest BCUT2D eigenvalue weighted by Gasteiger charge is 2.28. The molecular weight excluding hydrogens is 319 g/mol. The van der Waals surface area contributed by atoms with Crippen molar-refractivity contribution in [1.82, 2.24) is 0 Å². The van der Waals surface area contributed by atoms with Crippen LogP contribution in [0.25, 0.3) is 0 Å². The number of hydrogen-bond acceptors (Lipinski definition) is 2. The van der Waals surface area contributed by atoms with Crippen LogP contribution in [0.3, 0.4) is 0 Å². The van der Waals surface area contributed by atoms with E-state index in [-0.39, 0.29) is 6.10 Å². The molecule has 2 aromatic rings. The Hall–Kier alpha value is -0.930. The molecule has 5 heteroatoms. The zero-order valence-electron chi connectivity index (χ0n) is 10.3. The van der Waals surface area contributed by atoms with Crippen molar-refractivity contribution >= 4 is 34.8 Å². The number of ether oxygens (including phenoxy) is 1. The molecule has 0 bridgehead atoms. The van der Waals surface area contributed by atoms with E-state index in [0.717, 1.165) is 5.56 Å². The van der Waals surface area contributed by atoms with Crippen LogP contribution in [0.1, 0.15) is 29.8 Å². The van der Waals surface area contributed by atoms with Gasteiger partial charge in [0.1, 0.15) is 11.9 Å². The maximum absolute atomic E-state index is 10.3. The molecule has 0 spiro atoms. The molecule has 0 aliphatic carbocycles. The third-order valence-corrected chi connectivity index (χ3v) is 3.97. The minimum absolute atomic E-state index is 0.283. The molecule has 1 heterocycles. The average molecular weight is 330 g/mol. The van der Waals surface area contributed by atoms with Gasteiger partial charge in [-0.3, -0.25) is 0 Å². The van der Waals surface area contributed by atoms with Crippen molar-refractivity contribution in [3.63, 3.8) is 0 Å². The Labute approximate surface area is 131 Å². The number of aliphatic hydroxyl groups is 1. The lowest BCUT2D eigenvalue weighted by Gasteiger charge is -2.30. The molecule has 1 aliphatic heterocycles. The second kappa shape index (κ2) is 5.45. The lowest BCUT2D eigenvalue weighted by molar-refractivity contribution is 0.0657. The molecule has 3 rings (SSSR count). The summed E-state index contributed by atoms with van der Waals surface area (Å²) < 4.78 is 5.92. The zero-order valence-corrected chi connectivity index (χ0v) is 12.6. The van der Waals surface area contributed by atoms with Gasteiger partial charge < -0.3 is 9.84 Å². The zero-order chi connectivity index (χ0) is 14.3. The lowest BCUT2D eigenvalue weighted by atomic mass is 9.95. The summed E-state index contributed by atoms with van der Waals surface area (Å²) in [6.45, 7) is 0. The van der Waals surface area contributed by atoms with Crippen LogP contribution in [0.5, 0.6) is 5.75 Å². The van der Waals surface area contributed by atoms with E-state index in [9.17, 15) is 5.11 Å². The van der Waals surface area contributed by atoms with E-state index in [4.69, 9.17) is 39.5 Å². The van der Waals surface area contributed by atoms with Crippen molar-refractivity contribution in [3.8, 4) is 5.75 Å². The van der Waals surface area contributed by atoms with E-state index in [0.29, 0.717) is 32.8 Å². The SMILES string of the molecule is O[C@@H]1CC(c2cc(Cl)cc(Cl)c2)Oc2ccc(Cl)cc21. The first-order valence-electron chi connectivity index (χ1n) is 6.13. The summed E-state index contributed by atoms with van der Waals surface area (Å²) in [7, 11) is 0. The Morgan fingerprint density at radius 1 is 0.950 bits per heavy atom. The van der Waals surface area contributed by atoms with E-state index < -0.39 is 6.10 Å². The topological polar surface area (TPSA) is 29.5 Å². The van der Waals surface area contributed by atoms with Gasteiger partial charge in [0.25, 0.3) is 0 Å². The average Bonchev–Trinajstić information content (AvgIpc) is 2.38. The standard InChI is InChI=1S/C15H11Cl3O2/c16-9-1-2-14-12(6-9)13(19)7-15(20-14)8-3-10(17)5-11(18)4-8/h1-6,13,15,19H,7H2/t13-,15?/m1/s1. The third-order valence-electron chi connectivity index (χ3n) is 3.29. The highest BCUT2D eigenvalue weighted by Crippen LogP contribution is 2.42. The van der Waals surface area contributed by atoms with Crippen LogP contribution < -0.4 is 4.74 Å². The van der Waals surface area contributed by atoms with E-state index >= 15 is 0 Å². The largest absolute Gasteiger partial charge is 0.485 e. The summed E-state index contributed by atoms with van der Waals surface area (Å²) in [5.41, 5.74) is 1.56. The molecule has 0 aromatic heterocycles. The van der Waals surface area contributed by atoms with Crippen LogP contribution in [-0.4, -0.2) is 5.11 Å². The second-order valence-electron chi connectivity index (χ2n) is 4.74. The van der Waals surface area contributed by atoms with Gasteiger partial charge in [-0.2, -0.15) is 0 Å². The fourth-order valence-electron chi connectivity index (χ4n) is 2.38. The molecule has 0 radical (unpaired) electrons. The molecule has 0 amide bonds. The van der Waals surface area contributed by atoms with Gasteiger partial charge in [0.15, 0.2) is 0 Å². The highest BCUT2D eigenvalue weighted by molar-refractivity contribution is 6.34. The number of aliphatic hydroxyl groups excluding tert-OH is 1. The van der Waals surface area contributed by atoms with Crippen molar-refractivity contribution in [2.45, 2.75) is 18.6 Å². The summed E-state index contributed by atoms with van der Waals surface area (Å²) in [6.07, 6.45) is -0.473. The monoisotopic (exact) mass is 328 g/mol. The van der Waals surface area contributed by atoms with Gasteiger partial charge in [0.05, 0.1) is 6.10 Å². The smallest absolute Gasteiger partial charge is 0.127 e. The molecule has 104 valence electrons. The predicted molar refractivity (Wildman–Crippen MR) is 80.9 cm³/mol. The molecule has 1 N–H and O–H groups in total. The predicted octanol–water partition coefficient (Wildman–Crippen LogP) is 5.20. The lowest BCUT2D eigenvalue weighted by Crippen LogP contribution is -2.19. The summed E-state index contributed by atoms with van der Waals surface area (Å²) in [5, 5.41) is 11.9. The fourth-order valence-corrected chi connectivity index (χ4v) is 3.11. The van der Waals surface area contributed by atoms with Gasteiger partial charge in [0, 0.05) is 27.1 Å². The first-order valence-corrected chi connectivity index (χ1v) is 7.26. The van der Waals surface area contributed by atoms with Crippen molar-refractivity contribution in [2.75, 3.05) is 0 Å². The molecule has 2 nitrogen and oxygen atoms in total. The van der Waals surface area contributed by atoms with Gasteiger partial charge in [-0.25, -0.2) is 0 Å².